The molecule has 3 heterocycles. The van der Waals surface area contributed by atoms with Crippen LogP contribution in [0.1, 0.15) is 43.9 Å². The third-order valence-electron chi connectivity index (χ3n) is 4.41. The lowest BCUT2D eigenvalue weighted by atomic mass is 10.1. The largest absolute Gasteiger partial charge is 0.444 e. The van der Waals surface area contributed by atoms with Crippen LogP contribution in [-0.2, 0) is 0 Å². The van der Waals surface area contributed by atoms with E-state index in [2.05, 4.69) is 21.9 Å². The average Bonchev–Trinajstić information content (AvgIpc) is 3.12. The molecule has 2 fully saturated rings. The molecule has 0 spiro atoms. The third-order valence-corrected chi connectivity index (χ3v) is 4.41. The Labute approximate surface area is 115 Å². The van der Waals surface area contributed by atoms with E-state index in [0.29, 0.717) is 6.54 Å². The Hall–Kier alpha value is -1.00. The lowest BCUT2D eigenvalue weighted by Crippen LogP contribution is -2.31. The summed E-state index contributed by atoms with van der Waals surface area (Å²) in [5.41, 5.74) is 5.96. The molecule has 0 bridgehead atoms. The molecular weight excluding hydrogens is 238 g/mol. The molecule has 2 aliphatic heterocycles. The van der Waals surface area contributed by atoms with Crippen LogP contribution < -0.4 is 10.6 Å². The molecular formula is C15H25N3O. The standard InChI is InChI=1S/C15H25N3O/c16-12-13(17-8-4-5-9-17)14-6-7-15(19-14)18-10-2-1-3-11-18/h6-7,13H,1-5,8-12,16H2/t13-/m0/s1. The van der Waals surface area contributed by atoms with E-state index in [4.69, 9.17) is 10.2 Å². The predicted octanol–water partition coefficient (Wildman–Crippen LogP) is 2.37. The van der Waals surface area contributed by atoms with E-state index in [-0.39, 0.29) is 6.04 Å². The minimum Gasteiger partial charge on any atom is -0.444 e. The van der Waals surface area contributed by atoms with Gasteiger partial charge in [-0.3, -0.25) is 4.90 Å². The Morgan fingerprint density at radius 2 is 1.68 bits per heavy atom. The SMILES string of the molecule is NC[C@@H](c1ccc(N2CCCCC2)o1)N1CCCC1. The summed E-state index contributed by atoms with van der Waals surface area (Å²) in [6, 6.07) is 4.51. The molecule has 0 radical (unpaired) electrons. The van der Waals surface area contributed by atoms with Crippen LogP contribution in [0.5, 0.6) is 0 Å². The van der Waals surface area contributed by atoms with Crippen LogP contribution in [0.25, 0.3) is 0 Å². The molecule has 19 heavy (non-hydrogen) atoms. The van der Waals surface area contributed by atoms with Crippen molar-refractivity contribution in [1.82, 2.24) is 4.90 Å². The molecule has 2 saturated heterocycles. The number of anilines is 1. The van der Waals surface area contributed by atoms with Gasteiger partial charge >= 0.3 is 0 Å². The molecule has 0 amide bonds. The normalized spacial score (nSPS) is 22.9. The molecule has 3 rings (SSSR count). The molecule has 1 aromatic rings. The maximum Gasteiger partial charge on any atom is 0.195 e. The Balaban J connectivity index is 1.71. The van der Waals surface area contributed by atoms with Crippen molar-refractivity contribution >= 4 is 5.88 Å². The zero-order valence-corrected chi connectivity index (χ0v) is 11.7. The van der Waals surface area contributed by atoms with E-state index in [9.17, 15) is 0 Å². The highest BCUT2D eigenvalue weighted by molar-refractivity contribution is 5.37. The van der Waals surface area contributed by atoms with Crippen molar-refractivity contribution in [2.45, 2.75) is 38.1 Å². The molecule has 0 aromatic carbocycles. The fourth-order valence-electron chi connectivity index (χ4n) is 3.30. The monoisotopic (exact) mass is 263 g/mol. The summed E-state index contributed by atoms with van der Waals surface area (Å²) in [5, 5.41) is 0. The molecule has 2 aliphatic rings. The van der Waals surface area contributed by atoms with Gasteiger partial charge in [0.2, 0.25) is 0 Å². The summed E-state index contributed by atoms with van der Waals surface area (Å²) in [5.74, 6) is 2.08. The Bertz CT molecular complexity index is 392. The maximum absolute atomic E-state index is 6.09. The van der Waals surface area contributed by atoms with E-state index in [1.165, 1.54) is 32.1 Å². The summed E-state index contributed by atoms with van der Waals surface area (Å²) in [4.78, 5) is 4.82. The molecule has 4 nitrogen and oxygen atoms in total. The second-order valence-electron chi connectivity index (χ2n) is 5.72. The van der Waals surface area contributed by atoms with Gasteiger partial charge in [-0.05, 0) is 51.3 Å². The zero-order valence-electron chi connectivity index (χ0n) is 11.7. The summed E-state index contributed by atoms with van der Waals surface area (Å²) in [6.45, 7) is 5.21. The van der Waals surface area contributed by atoms with Crippen LogP contribution in [0.3, 0.4) is 0 Å². The minimum absolute atomic E-state index is 0.265. The lowest BCUT2D eigenvalue weighted by Gasteiger charge is -2.27. The van der Waals surface area contributed by atoms with Crippen LogP contribution in [0.4, 0.5) is 5.88 Å². The van der Waals surface area contributed by atoms with Gasteiger partial charge in [-0.2, -0.15) is 0 Å². The van der Waals surface area contributed by atoms with Crippen molar-refractivity contribution in [1.29, 1.82) is 0 Å². The number of nitrogens with two attached hydrogens (primary N) is 1. The van der Waals surface area contributed by atoms with Crippen molar-refractivity contribution in [3.63, 3.8) is 0 Å². The van der Waals surface area contributed by atoms with Crippen LogP contribution in [0.15, 0.2) is 16.5 Å². The van der Waals surface area contributed by atoms with E-state index in [0.717, 1.165) is 37.8 Å². The molecule has 4 heteroatoms. The smallest absolute Gasteiger partial charge is 0.195 e. The number of piperidine rings is 1. The lowest BCUT2D eigenvalue weighted by molar-refractivity contribution is 0.221. The van der Waals surface area contributed by atoms with Gasteiger partial charge in [0, 0.05) is 25.7 Å². The summed E-state index contributed by atoms with van der Waals surface area (Å²) in [6.07, 6.45) is 6.49. The van der Waals surface area contributed by atoms with Crippen molar-refractivity contribution in [3.05, 3.63) is 17.9 Å². The van der Waals surface area contributed by atoms with E-state index >= 15 is 0 Å². The zero-order chi connectivity index (χ0) is 13.1. The Morgan fingerprint density at radius 1 is 1.00 bits per heavy atom. The summed E-state index contributed by atoms with van der Waals surface area (Å²) < 4.78 is 6.09. The number of rotatable bonds is 4. The van der Waals surface area contributed by atoms with Gasteiger partial charge < -0.3 is 15.1 Å². The predicted molar refractivity (Wildman–Crippen MR) is 77.4 cm³/mol. The van der Waals surface area contributed by atoms with E-state index in [1.807, 2.05) is 0 Å². The van der Waals surface area contributed by atoms with E-state index < -0.39 is 0 Å². The van der Waals surface area contributed by atoms with Crippen LogP contribution >= 0.6 is 0 Å². The number of nitrogens with zero attached hydrogens (tertiary/aromatic N) is 2. The van der Waals surface area contributed by atoms with Gasteiger partial charge in [-0.15, -0.1) is 0 Å². The number of hydrogen-bond donors (Lipinski definition) is 1. The number of hydrogen-bond acceptors (Lipinski definition) is 4. The van der Waals surface area contributed by atoms with Gasteiger partial charge in [-0.1, -0.05) is 0 Å². The quantitative estimate of drug-likeness (QED) is 0.906. The maximum atomic E-state index is 6.09. The molecule has 0 saturated carbocycles. The van der Waals surface area contributed by atoms with E-state index in [1.54, 1.807) is 0 Å². The highest BCUT2D eigenvalue weighted by atomic mass is 16.4. The molecule has 0 aliphatic carbocycles. The first kappa shape index (κ1) is 13.0. The number of likely N-dealkylation sites (tertiary alicyclic amines) is 1. The highest BCUT2D eigenvalue weighted by Crippen LogP contribution is 2.29. The van der Waals surface area contributed by atoms with Crippen molar-refractivity contribution in [2.24, 2.45) is 5.73 Å². The third kappa shape index (κ3) is 2.79. The first-order chi connectivity index (χ1) is 9.38. The molecule has 1 aromatic heterocycles. The van der Waals surface area contributed by atoms with Gasteiger partial charge in [-0.25, -0.2) is 0 Å². The summed E-state index contributed by atoms with van der Waals surface area (Å²) in [7, 11) is 0. The minimum atomic E-state index is 0.265. The summed E-state index contributed by atoms with van der Waals surface area (Å²) >= 11 is 0. The number of furan rings is 1. The fraction of sp³-hybridized carbons (Fsp3) is 0.733. The molecule has 1 atom stereocenters. The second-order valence-corrected chi connectivity index (χ2v) is 5.72. The van der Waals surface area contributed by atoms with Crippen LogP contribution in [-0.4, -0.2) is 37.6 Å². The fourth-order valence-corrected chi connectivity index (χ4v) is 3.30. The first-order valence-electron chi connectivity index (χ1n) is 7.67. The van der Waals surface area contributed by atoms with Crippen molar-refractivity contribution < 1.29 is 4.42 Å². The topological polar surface area (TPSA) is 45.6 Å². The van der Waals surface area contributed by atoms with Gasteiger partial charge in [0.15, 0.2) is 5.88 Å². The average molecular weight is 263 g/mol. The van der Waals surface area contributed by atoms with Crippen molar-refractivity contribution in [2.75, 3.05) is 37.6 Å². The van der Waals surface area contributed by atoms with Gasteiger partial charge in [0.25, 0.3) is 0 Å². The highest BCUT2D eigenvalue weighted by Gasteiger charge is 2.25. The van der Waals surface area contributed by atoms with Crippen LogP contribution in [0.2, 0.25) is 0 Å². The van der Waals surface area contributed by atoms with Crippen molar-refractivity contribution in [3.8, 4) is 0 Å². The van der Waals surface area contributed by atoms with Gasteiger partial charge in [0.05, 0.1) is 6.04 Å². The Morgan fingerprint density at radius 3 is 2.37 bits per heavy atom. The Kier molecular flexibility index (Phi) is 4.09. The molecule has 0 unspecified atom stereocenters. The molecule has 106 valence electrons. The first-order valence-corrected chi connectivity index (χ1v) is 7.67. The second kappa shape index (κ2) is 5.97. The van der Waals surface area contributed by atoms with Gasteiger partial charge in [0.1, 0.15) is 5.76 Å². The molecule has 2 N–H and O–H groups in total. The van der Waals surface area contributed by atoms with Crippen LogP contribution in [0, 0.1) is 0 Å².